The van der Waals surface area contributed by atoms with Crippen LogP contribution in [0.4, 0.5) is 17.1 Å². The summed E-state index contributed by atoms with van der Waals surface area (Å²) in [5.74, 6) is -0.370. The first-order valence-corrected chi connectivity index (χ1v) is 16.6. The molecule has 0 saturated heterocycles. The van der Waals surface area contributed by atoms with Crippen LogP contribution >= 0.6 is 0 Å². The Morgan fingerprint density at radius 1 is 0.510 bits per heavy atom. The van der Waals surface area contributed by atoms with Crippen molar-refractivity contribution < 1.29 is 62.0 Å². The highest BCUT2D eigenvalue weighted by Gasteiger charge is 2.19. The van der Waals surface area contributed by atoms with Crippen molar-refractivity contribution in [3.8, 4) is 0 Å². The fourth-order valence-electron chi connectivity index (χ4n) is 3.90. The Bertz CT molecular complexity index is 1210. The Morgan fingerprint density at radius 3 is 1.29 bits per heavy atom. The van der Waals surface area contributed by atoms with Crippen molar-refractivity contribution >= 4 is 23.0 Å². The zero-order valence-corrected chi connectivity index (χ0v) is 28.8. The molecule has 18 nitrogen and oxygen atoms in total. The van der Waals surface area contributed by atoms with E-state index in [4.69, 9.17) is 47.4 Å². The fraction of sp³-hybridized carbons (Fsp3) is 0.606. The van der Waals surface area contributed by atoms with Crippen LogP contribution in [-0.2, 0) is 47.4 Å². The molecule has 2 aromatic carbocycles. The lowest BCUT2D eigenvalue weighted by atomic mass is 10.2. The van der Waals surface area contributed by atoms with Gasteiger partial charge in [0.2, 0.25) is 0 Å². The normalized spacial score (nSPS) is 11.1. The Kier molecular flexibility index (Phi) is 25.3. The van der Waals surface area contributed by atoms with Crippen molar-refractivity contribution in [1.29, 1.82) is 0 Å². The molecule has 2 aromatic rings. The number of esters is 1. The lowest BCUT2D eigenvalue weighted by Gasteiger charge is -2.09. The van der Waals surface area contributed by atoms with Gasteiger partial charge in [-0.3, -0.25) is 20.2 Å². The standard InChI is InChI=1S/C33H49N3O15/c37-33(29-4-2-1-3-5-29)51-27-26-50-25-24-49-23-22-48-21-20-47-19-18-46-17-16-45-15-14-44-13-12-43-11-10-42-9-8-34-31-7-6-30(35(38)39)28-32(31)36(40)41/h1-7,28,34H,8-27H2. The molecule has 0 aliphatic rings. The molecular weight excluding hydrogens is 678 g/mol. The van der Waals surface area contributed by atoms with Gasteiger partial charge in [0.1, 0.15) is 12.3 Å². The summed E-state index contributed by atoms with van der Waals surface area (Å²) in [5, 5.41) is 24.8. The number of non-ortho nitro benzene ring substituents is 1. The van der Waals surface area contributed by atoms with Crippen LogP contribution in [0.1, 0.15) is 10.4 Å². The van der Waals surface area contributed by atoms with Crippen LogP contribution in [-0.4, -0.2) is 148 Å². The molecule has 0 atom stereocenters. The Hall–Kier alpha value is -3.85. The average Bonchev–Trinajstić information content (AvgIpc) is 3.14. The minimum atomic E-state index is -0.684. The van der Waals surface area contributed by atoms with Crippen LogP contribution < -0.4 is 5.32 Å². The van der Waals surface area contributed by atoms with E-state index in [1.807, 2.05) is 6.07 Å². The molecule has 0 aliphatic carbocycles. The molecule has 1 N–H and O–H groups in total. The van der Waals surface area contributed by atoms with Crippen LogP contribution in [0.5, 0.6) is 0 Å². The molecular formula is C33H49N3O15. The highest BCUT2D eigenvalue weighted by atomic mass is 16.6. The summed E-state index contributed by atoms with van der Waals surface area (Å²) >= 11 is 0. The van der Waals surface area contributed by atoms with Crippen LogP contribution in [0.25, 0.3) is 0 Å². The highest BCUT2D eigenvalue weighted by Crippen LogP contribution is 2.28. The van der Waals surface area contributed by atoms with E-state index >= 15 is 0 Å². The maximum absolute atomic E-state index is 11.8. The summed E-state index contributed by atoms with van der Waals surface area (Å²) in [6.07, 6.45) is 0. The van der Waals surface area contributed by atoms with Crippen molar-refractivity contribution in [1.82, 2.24) is 0 Å². The van der Waals surface area contributed by atoms with Crippen molar-refractivity contribution in [2.24, 2.45) is 0 Å². The van der Waals surface area contributed by atoms with Gasteiger partial charge in [-0.2, -0.15) is 0 Å². The maximum atomic E-state index is 11.8. The number of benzene rings is 2. The number of nitrogens with one attached hydrogen (secondary N) is 1. The molecule has 0 radical (unpaired) electrons. The third-order valence-electron chi connectivity index (χ3n) is 6.40. The number of carbonyl (C=O) groups excluding carboxylic acids is 1. The molecule has 51 heavy (non-hydrogen) atoms. The molecule has 0 saturated carbocycles. The van der Waals surface area contributed by atoms with Gasteiger partial charge in [0.25, 0.3) is 11.4 Å². The third-order valence-corrected chi connectivity index (χ3v) is 6.40. The number of ether oxygens (including phenoxy) is 10. The molecule has 0 aliphatic heterocycles. The second-order valence-corrected chi connectivity index (χ2v) is 10.2. The van der Waals surface area contributed by atoms with Crippen LogP contribution in [0.3, 0.4) is 0 Å². The second-order valence-electron chi connectivity index (χ2n) is 10.2. The van der Waals surface area contributed by atoms with Gasteiger partial charge in [0.05, 0.1) is 140 Å². The van der Waals surface area contributed by atoms with Crippen molar-refractivity contribution in [3.63, 3.8) is 0 Å². The van der Waals surface area contributed by atoms with Gasteiger partial charge in [-0.1, -0.05) is 18.2 Å². The number of hydrogen-bond acceptors (Lipinski definition) is 16. The first-order valence-electron chi connectivity index (χ1n) is 16.6. The molecule has 0 unspecified atom stereocenters. The smallest absolute Gasteiger partial charge is 0.338 e. The molecule has 0 bridgehead atoms. The van der Waals surface area contributed by atoms with E-state index in [0.717, 1.165) is 6.07 Å². The lowest BCUT2D eigenvalue weighted by molar-refractivity contribution is -0.393. The Morgan fingerprint density at radius 2 is 0.902 bits per heavy atom. The SMILES string of the molecule is O=C(OCCOCCOCCOCCOCCOCCOCCOCCOCCOCCNc1ccc([N+](=O)[O-])cc1[N+](=O)[O-])c1ccccc1. The monoisotopic (exact) mass is 727 g/mol. The van der Waals surface area contributed by atoms with Gasteiger partial charge < -0.3 is 52.7 Å². The number of nitro groups is 2. The van der Waals surface area contributed by atoms with E-state index in [9.17, 15) is 25.0 Å². The first-order chi connectivity index (χ1) is 25.0. The summed E-state index contributed by atoms with van der Waals surface area (Å²) in [5.41, 5.74) is -0.0255. The molecule has 18 heteroatoms. The van der Waals surface area contributed by atoms with E-state index in [0.29, 0.717) is 118 Å². The third kappa shape index (κ3) is 22.6. The fourth-order valence-corrected chi connectivity index (χ4v) is 3.90. The average molecular weight is 728 g/mol. The number of anilines is 1. The van der Waals surface area contributed by atoms with E-state index in [2.05, 4.69) is 5.32 Å². The maximum Gasteiger partial charge on any atom is 0.338 e. The summed E-state index contributed by atoms with van der Waals surface area (Å²) < 4.78 is 54.0. The van der Waals surface area contributed by atoms with E-state index in [1.165, 1.54) is 12.1 Å². The van der Waals surface area contributed by atoms with Crippen LogP contribution in [0.2, 0.25) is 0 Å². The predicted molar refractivity (Wildman–Crippen MR) is 182 cm³/mol. The van der Waals surface area contributed by atoms with Gasteiger partial charge in [0, 0.05) is 12.6 Å². The van der Waals surface area contributed by atoms with Crippen LogP contribution in [0, 0.1) is 20.2 Å². The zero-order valence-electron chi connectivity index (χ0n) is 28.8. The Balaban J connectivity index is 1.21. The molecule has 2 rings (SSSR count). The summed E-state index contributed by atoms with van der Waals surface area (Å²) in [4.78, 5) is 32.4. The molecule has 0 aromatic heterocycles. The first kappa shape index (κ1) is 43.3. The topological polar surface area (TPSA) is 208 Å². The molecule has 0 heterocycles. The molecule has 0 amide bonds. The quantitative estimate of drug-likeness (QED) is 0.0476. The van der Waals surface area contributed by atoms with Gasteiger partial charge in [0.15, 0.2) is 0 Å². The van der Waals surface area contributed by atoms with Crippen molar-refractivity contribution in [3.05, 3.63) is 74.3 Å². The minimum Gasteiger partial charge on any atom is -0.460 e. The second kappa shape index (κ2) is 29.8. The number of hydrogen-bond donors (Lipinski definition) is 1. The van der Waals surface area contributed by atoms with Crippen LogP contribution in [0.15, 0.2) is 48.5 Å². The van der Waals surface area contributed by atoms with E-state index < -0.39 is 9.85 Å². The molecule has 0 fully saturated rings. The molecule has 0 spiro atoms. The van der Waals surface area contributed by atoms with Gasteiger partial charge in [-0.25, -0.2) is 4.79 Å². The highest BCUT2D eigenvalue weighted by molar-refractivity contribution is 5.89. The number of rotatable bonds is 34. The van der Waals surface area contributed by atoms with Gasteiger partial charge >= 0.3 is 5.97 Å². The Labute approximate surface area is 296 Å². The summed E-state index contributed by atoms with van der Waals surface area (Å²) in [6, 6.07) is 12.2. The number of nitrogens with zero attached hydrogens (tertiary/aromatic N) is 2. The predicted octanol–water partition coefficient (Wildman–Crippen LogP) is 2.92. The molecule has 286 valence electrons. The zero-order chi connectivity index (χ0) is 36.6. The van der Waals surface area contributed by atoms with E-state index in [-0.39, 0.29) is 42.8 Å². The van der Waals surface area contributed by atoms with E-state index in [1.54, 1.807) is 24.3 Å². The lowest BCUT2D eigenvalue weighted by Crippen LogP contribution is -2.16. The largest absolute Gasteiger partial charge is 0.460 e. The summed E-state index contributed by atoms with van der Waals surface area (Å²) in [7, 11) is 0. The minimum absolute atomic E-state index is 0.181. The van der Waals surface area contributed by atoms with Gasteiger partial charge in [-0.15, -0.1) is 0 Å². The van der Waals surface area contributed by atoms with Crippen molar-refractivity contribution in [2.45, 2.75) is 0 Å². The summed E-state index contributed by atoms with van der Waals surface area (Å²) in [6.45, 7) is 7.83. The number of carbonyl (C=O) groups is 1. The van der Waals surface area contributed by atoms with Crippen molar-refractivity contribution in [2.75, 3.05) is 137 Å². The number of nitro benzene ring substituents is 2. The van der Waals surface area contributed by atoms with Gasteiger partial charge in [-0.05, 0) is 18.2 Å².